The first-order valence-electron chi connectivity index (χ1n) is 4.46. The second kappa shape index (κ2) is 5.48. The Morgan fingerprint density at radius 2 is 2.00 bits per heavy atom. The molecule has 1 heterocycles. The summed E-state index contributed by atoms with van der Waals surface area (Å²) in [7, 11) is 0. The van der Waals surface area contributed by atoms with E-state index in [1.807, 2.05) is 6.92 Å². The van der Waals surface area contributed by atoms with E-state index in [9.17, 15) is 0 Å². The Kier molecular flexibility index (Phi) is 4.18. The van der Waals surface area contributed by atoms with Gasteiger partial charge in [0.25, 0.3) is 0 Å². The molecule has 0 fully saturated rings. The van der Waals surface area contributed by atoms with Gasteiger partial charge >= 0.3 is 0 Å². The van der Waals surface area contributed by atoms with Crippen LogP contribution in [0.1, 0.15) is 18.4 Å². The molecule has 0 aromatic carbocycles. The minimum Gasteiger partial charge on any atom is -0.396 e. The van der Waals surface area contributed by atoms with Gasteiger partial charge in [0.15, 0.2) is 0 Å². The summed E-state index contributed by atoms with van der Waals surface area (Å²) in [5.41, 5.74) is 1.06. The first kappa shape index (κ1) is 9.92. The molecule has 4 heteroatoms. The van der Waals surface area contributed by atoms with Crippen molar-refractivity contribution in [3.8, 4) is 0 Å². The SMILES string of the molecule is Cc1cnc(NCCCCO)nc1. The van der Waals surface area contributed by atoms with Crippen LogP contribution in [0, 0.1) is 6.92 Å². The van der Waals surface area contributed by atoms with Crippen LogP contribution < -0.4 is 5.32 Å². The highest BCUT2D eigenvalue weighted by Gasteiger charge is 1.93. The summed E-state index contributed by atoms with van der Waals surface area (Å²) in [4.78, 5) is 8.18. The molecular weight excluding hydrogens is 166 g/mol. The minimum atomic E-state index is 0.246. The first-order valence-corrected chi connectivity index (χ1v) is 4.46. The fraction of sp³-hybridized carbons (Fsp3) is 0.556. The summed E-state index contributed by atoms with van der Waals surface area (Å²) in [5, 5.41) is 11.6. The van der Waals surface area contributed by atoms with Crippen LogP contribution in [-0.4, -0.2) is 28.2 Å². The first-order chi connectivity index (χ1) is 6.33. The summed E-state index contributed by atoms with van der Waals surface area (Å²) in [5.74, 6) is 0.656. The number of nitrogens with zero attached hydrogens (tertiary/aromatic N) is 2. The van der Waals surface area contributed by atoms with Crippen LogP contribution in [0.15, 0.2) is 12.4 Å². The summed E-state index contributed by atoms with van der Waals surface area (Å²) in [6.07, 6.45) is 5.31. The molecule has 0 aliphatic heterocycles. The predicted octanol–water partition coefficient (Wildman–Crippen LogP) is 0.969. The maximum absolute atomic E-state index is 8.54. The van der Waals surface area contributed by atoms with Gasteiger partial charge in [-0.1, -0.05) is 0 Å². The average Bonchev–Trinajstić information content (AvgIpc) is 2.15. The Balaban J connectivity index is 2.25. The molecule has 72 valence electrons. The average molecular weight is 181 g/mol. The Morgan fingerprint density at radius 1 is 1.31 bits per heavy atom. The van der Waals surface area contributed by atoms with Crippen LogP contribution in [0.2, 0.25) is 0 Å². The zero-order valence-electron chi connectivity index (χ0n) is 7.82. The van der Waals surface area contributed by atoms with E-state index < -0.39 is 0 Å². The summed E-state index contributed by atoms with van der Waals surface area (Å²) in [6, 6.07) is 0. The van der Waals surface area contributed by atoms with Gasteiger partial charge in [-0.05, 0) is 25.3 Å². The Hall–Kier alpha value is -1.16. The van der Waals surface area contributed by atoms with Crippen molar-refractivity contribution in [3.63, 3.8) is 0 Å². The third-order valence-electron chi connectivity index (χ3n) is 1.65. The molecule has 0 amide bonds. The van der Waals surface area contributed by atoms with Crippen molar-refractivity contribution >= 4 is 5.95 Å². The lowest BCUT2D eigenvalue weighted by atomic mass is 10.3. The molecule has 0 saturated carbocycles. The largest absolute Gasteiger partial charge is 0.396 e. The van der Waals surface area contributed by atoms with Gasteiger partial charge in [0.2, 0.25) is 5.95 Å². The summed E-state index contributed by atoms with van der Waals surface area (Å²) >= 11 is 0. The van der Waals surface area contributed by atoms with Gasteiger partial charge in [0, 0.05) is 25.5 Å². The van der Waals surface area contributed by atoms with Gasteiger partial charge in [-0.2, -0.15) is 0 Å². The van der Waals surface area contributed by atoms with E-state index in [4.69, 9.17) is 5.11 Å². The van der Waals surface area contributed by atoms with Crippen molar-refractivity contribution in [2.75, 3.05) is 18.5 Å². The summed E-state index contributed by atoms with van der Waals surface area (Å²) < 4.78 is 0. The van der Waals surface area contributed by atoms with Gasteiger partial charge in [-0.3, -0.25) is 0 Å². The van der Waals surface area contributed by atoms with Gasteiger partial charge in [-0.25, -0.2) is 9.97 Å². The lowest BCUT2D eigenvalue weighted by molar-refractivity contribution is 0.286. The number of aliphatic hydroxyl groups excluding tert-OH is 1. The number of hydrogen-bond donors (Lipinski definition) is 2. The Morgan fingerprint density at radius 3 is 2.62 bits per heavy atom. The number of nitrogens with one attached hydrogen (secondary N) is 1. The molecule has 2 N–H and O–H groups in total. The zero-order chi connectivity index (χ0) is 9.52. The fourth-order valence-corrected chi connectivity index (χ4v) is 0.921. The maximum Gasteiger partial charge on any atom is 0.222 e. The second-order valence-corrected chi connectivity index (χ2v) is 2.94. The molecule has 0 aliphatic carbocycles. The molecule has 13 heavy (non-hydrogen) atoms. The molecule has 0 aliphatic rings. The highest BCUT2D eigenvalue weighted by molar-refractivity contribution is 5.23. The fourth-order valence-electron chi connectivity index (χ4n) is 0.921. The number of aromatic nitrogens is 2. The van der Waals surface area contributed by atoms with Gasteiger partial charge in [0.1, 0.15) is 0 Å². The number of anilines is 1. The summed E-state index contributed by atoms with van der Waals surface area (Å²) in [6.45, 7) is 3.01. The number of hydrogen-bond acceptors (Lipinski definition) is 4. The van der Waals surface area contributed by atoms with Crippen molar-refractivity contribution in [3.05, 3.63) is 18.0 Å². The third-order valence-corrected chi connectivity index (χ3v) is 1.65. The van der Waals surface area contributed by atoms with E-state index in [-0.39, 0.29) is 6.61 Å². The normalized spacial score (nSPS) is 10.0. The van der Waals surface area contributed by atoms with Crippen LogP contribution in [0.4, 0.5) is 5.95 Å². The van der Waals surface area contributed by atoms with Gasteiger partial charge < -0.3 is 10.4 Å². The van der Waals surface area contributed by atoms with Crippen LogP contribution in [0.5, 0.6) is 0 Å². The van der Waals surface area contributed by atoms with E-state index in [1.54, 1.807) is 12.4 Å². The molecular formula is C9H15N3O. The number of aryl methyl sites for hydroxylation is 1. The minimum absolute atomic E-state index is 0.246. The lowest BCUT2D eigenvalue weighted by Crippen LogP contribution is -2.05. The smallest absolute Gasteiger partial charge is 0.222 e. The maximum atomic E-state index is 8.54. The quantitative estimate of drug-likeness (QED) is 0.664. The van der Waals surface area contributed by atoms with Crippen molar-refractivity contribution in [1.29, 1.82) is 0 Å². The molecule has 1 aromatic rings. The van der Waals surface area contributed by atoms with Crippen molar-refractivity contribution in [2.45, 2.75) is 19.8 Å². The molecule has 0 spiro atoms. The van der Waals surface area contributed by atoms with Crippen LogP contribution in [0.25, 0.3) is 0 Å². The molecule has 4 nitrogen and oxygen atoms in total. The van der Waals surface area contributed by atoms with Crippen molar-refractivity contribution < 1.29 is 5.11 Å². The molecule has 0 radical (unpaired) electrons. The Bertz CT molecular complexity index is 235. The number of unbranched alkanes of at least 4 members (excludes halogenated alkanes) is 1. The standard InChI is InChI=1S/C9H15N3O/c1-8-6-11-9(12-7-8)10-4-2-3-5-13/h6-7,13H,2-5H2,1H3,(H,10,11,12). The number of aliphatic hydroxyl groups is 1. The van der Waals surface area contributed by atoms with Gasteiger partial charge in [-0.15, -0.1) is 0 Å². The third kappa shape index (κ3) is 3.85. The Labute approximate surface area is 78.0 Å². The van der Waals surface area contributed by atoms with Gasteiger partial charge in [0.05, 0.1) is 0 Å². The van der Waals surface area contributed by atoms with Crippen molar-refractivity contribution in [2.24, 2.45) is 0 Å². The second-order valence-electron chi connectivity index (χ2n) is 2.94. The van der Waals surface area contributed by atoms with Crippen molar-refractivity contribution in [1.82, 2.24) is 9.97 Å². The van der Waals surface area contributed by atoms with Crippen LogP contribution in [-0.2, 0) is 0 Å². The van der Waals surface area contributed by atoms with E-state index >= 15 is 0 Å². The van der Waals surface area contributed by atoms with E-state index in [0.29, 0.717) is 5.95 Å². The van der Waals surface area contributed by atoms with Crippen LogP contribution >= 0.6 is 0 Å². The highest BCUT2D eigenvalue weighted by Crippen LogP contribution is 1.98. The monoisotopic (exact) mass is 181 g/mol. The molecule has 0 unspecified atom stereocenters. The molecule has 1 aromatic heterocycles. The zero-order valence-corrected chi connectivity index (χ0v) is 7.82. The van der Waals surface area contributed by atoms with E-state index in [0.717, 1.165) is 24.9 Å². The topological polar surface area (TPSA) is 58.0 Å². The van der Waals surface area contributed by atoms with E-state index in [1.165, 1.54) is 0 Å². The molecule has 0 atom stereocenters. The van der Waals surface area contributed by atoms with E-state index in [2.05, 4.69) is 15.3 Å². The predicted molar refractivity (Wildman–Crippen MR) is 51.6 cm³/mol. The number of rotatable bonds is 5. The molecule has 1 rings (SSSR count). The molecule has 0 saturated heterocycles. The lowest BCUT2D eigenvalue weighted by Gasteiger charge is -2.02. The highest BCUT2D eigenvalue weighted by atomic mass is 16.2. The van der Waals surface area contributed by atoms with Crippen LogP contribution in [0.3, 0.4) is 0 Å². The molecule has 0 bridgehead atoms.